The summed E-state index contributed by atoms with van der Waals surface area (Å²) in [6.07, 6.45) is 4.35. The van der Waals surface area contributed by atoms with Crippen molar-refractivity contribution >= 4 is 0 Å². The van der Waals surface area contributed by atoms with E-state index in [4.69, 9.17) is 4.42 Å². The van der Waals surface area contributed by atoms with E-state index >= 15 is 0 Å². The van der Waals surface area contributed by atoms with Crippen LogP contribution in [0, 0.1) is 0 Å². The molecule has 0 amide bonds. The van der Waals surface area contributed by atoms with Gasteiger partial charge >= 0.3 is 0 Å². The van der Waals surface area contributed by atoms with Crippen molar-refractivity contribution in [2.24, 2.45) is 0 Å². The summed E-state index contributed by atoms with van der Waals surface area (Å²) < 4.78 is 7.27. The zero-order valence-electron chi connectivity index (χ0n) is 10.3. The molecule has 0 spiro atoms. The molecule has 1 atom stereocenters. The van der Waals surface area contributed by atoms with Gasteiger partial charge in [0.1, 0.15) is 17.9 Å². The van der Waals surface area contributed by atoms with Gasteiger partial charge in [0.2, 0.25) is 0 Å². The Labute approximate surface area is 101 Å². The monoisotopic (exact) mass is 234 g/mol. The molecule has 5 heteroatoms. The molecule has 0 bridgehead atoms. The summed E-state index contributed by atoms with van der Waals surface area (Å²) in [7, 11) is 0. The fourth-order valence-electron chi connectivity index (χ4n) is 1.71. The number of nitrogens with zero attached hydrogens (tertiary/aromatic N) is 3. The maximum Gasteiger partial charge on any atom is 0.140 e. The Kier molecular flexibility index (Phi) is 3.93. The van der Waals surface area contributed by atoms with Gasteiger partial charge in [-0.15, -0.1) is 0 Å². The average molecular weight is 234 g/mol. The third-order valence-corrected chi connectivity index (χ3v) is 2.67. The van der Waals surface area contributed by atoms with Crippen LogP contribution in [-0.2, 0) is 13.1 Å². The van der Waals surface area contributed by atoms with Gasteiger partial charge in [-0.05, 0) is 25.5 Å². The predicted molar refractivity (Wildman–Crippen MR) is 64.3 cm³/mol. The average Bonchev–Trinajstić information content (AvgIpc) is 2.97. The number of hydrogen-bond acceptors (Lipinski definition) is 4. The second-order valence-corrected chi connectivity index (χ2v) is 4.02. The first-order valence-electron chi connectivity index (χ1n) is 5.94. The van der Waals surface area contributed by atoms with Crippen LogP contribution in [0.3, 0.4) is 0 Å². The standard InChI is InChI=1S/C12H18N4O/c1-3-6-16-12(14-9-15-16)8-13-10(2)11-5-4-7-17-11/h4-5,7,9-10,13H,3,6,8H2,1-2H3. The molecule has 1 unspecified atom stereocenters. The van der Waals surface area contributed by atoms with Crippen LogP contribution in [0.1, 0.15) is 37.9 Å². The van der Waals surface area contributed by atoms with Gasteiger partial charge in [-0.25, -0.2) is 9.67 Å². The smallest absolute Gasteiger partial charge is 0.140 e. The Hall–Kier alpha value is -1.62. The fourth-order valence-corrected chi connectivity index (χ4v) is 1.71. The number of aryl methyl sites for hydroxylation is 1. The van der Waals surface area contributed by atoms with Crippen molar-refractivity contribution in [1.29, 1.82) is 0 Å². The Morgan fingerprint density at radius 2 is 2.41 bits per heavy atom. The molecule has 0 aliphatic carbocycles. The minimum absolute atomic E-state index is 0.178. The van der Waals surface area contributed by atoms with E-state index < -0.39 is 0 Å². The summed E-state index contributed by atoms with van der Waals surface area (Å²) in [4.78, 5) is 4.25. The Morgan fingerprint density at radius 1 is 1.53 bits per heavy atom. The van der Waals surface area contributed by atoms with E-state index in [1.54, 1.807) is 12.6 Å². The van der Waals surface area contributed by atoms with Crippen LogP contribution in [-0.4, -0.2) is 14.8 Å². The predicted octanol–water partition coefficient (Wildman–Crippen LogP) is 2.13. The lowest BCUT2D eigenvalue weighted by molar-refractivity contribution is 0.420. The molecule has 1 N–H and O–H groups in total. The quantitative estimate of drug-likeness (QED) is 0.832. The topological polar surface area (TPSA) is 55.9 Å². The van der Waals surface area contributed by atoms with Crippen molar-refractivity contribution in [2.75, 3.05) is 0 Å². The molecule has 2 aromatic heterocycles. The third kappa shape index (κ3) is 2.94. The Morgan fingerprint density at radius 3 is 3.12 bits per heavy atom. The molecule has 2 rings (SSSR count). The van der Waals surface area contributed by atoms with Gasteiger partial charge in [0.25, 0.3) is 0 Å². The third-order valence-electron chi connectivity index (χ3n) is 2.67. The first kappa shape index (κ1) is 11.9. The van der Waals surface area contributed by atoms with Crippen LogP contribution in [0.25, 0.3) is 0 Å². The summed E-state index contributed by atoms with van der Waals surface area (Å²) in [6.45, 7) is 5.80. The number of rotatable bonds is 6. The molecule has 5 nitrogen and oxygen atoms in total. The van der Waals surface area contributed by atoms with Gasteiger partial charge in [-0.3, -0.25) is 0 Å². The molecule has 2 aromatic rings. The number of furan rings is 1. The number of aromatic nitrogens is 3. The van der Waals surface area contributed by atoms with Gasteiger partial charge in [0.15, 0.2) is 0 Å². The van der Waals surface area contributed by atoms with Crippen LogP contribution >= 0.6 is 0 Å². The summed E-state index contributed by atoms with van der Waals surface area (Å²) in [6, 6.07) is 4.04. The van der Waals surface area contributed by atoms with Gasteiger partial charge in [0.05, 0.1) is 18.8 Å². The molecular weight excluding hydrogens is 216 g/mol. The minimum Gasteiger partial charge on any atom is -0.468 e. The SMILES string of the molecule is CCCn1ncnc1CNC(C)c1ccco1. The van der Waals surface area contributed by atoms with Crippen LogP contribution in [0.15, 0.2) is 29.1 Å². The highest BCUT2D eigenvalue weighted by Gasteiger charge is 2.09. The first-order chi connectivity index (χ1) is 8.31. The lowest BCUT2D eigenvalue weighted by Gasteiger charge is -2.11. The summed E-state index contributed by atoms with van der Waals surface area (Å²) in [5.74, 6) is 1.90. The van der Waals surface area contributed by atoms with Crippen molar-refractivity contribution < 1.29 is 4.42 Å². The zero-order valence-corrected chi connectivity index (χ0v) is 10.3. The van der Waals surface area contributed by atoms with Crippen molar-refractivity contribution in [3.05, 3.63) is 36.3 Å². The highest BCUT2D eigenvalue weighted by atomic mass is 16.3. The molecular formula is C12H18N4O. The number of hydrogen-bond donors (Lipinski definition) is 1. The molecule has 0 aliphatic heterocycles. The lowest BCUT2D eigenvalue weighted by atomic mass is 10.2. The second-order valence-electron chi connectivity index (χ2n) is 4.02. The summed E-state index contributed by atoms with van der Waals surface area (Å²) in [5.41, 5.74) is 0. The molecule has 92 valence electrons. The lowest BCUT2D eigenvalue weighted by Crippen LogP contribution is -2.20. The molecule has 0 radical (unpaired) electrons. The minimum atomic E-state index is 0.178. The van der Waals surface area contributed by atoms with E-state index in [0.29, 0.717) is 6.54 Å². The van der Waals surface area contributed by atoms with E-state index in [2.05, 4.69) is 29.2 Å². The van der Waals surface area contributed by atoms with E-state index in [1.165, 1.54) is 0 Å². The summed E-state index contributed by atoms with van der Waals surface area (Å²) >= 11 is 0. The van der Waals surface area contributed by atoms with Gasteiger partial charge in [0, 0.05) is 6.54 Å². The highest BCUT2D eigenvalue weighted by Crippen LogP contribution is 2.12. The maximum atomic E-state index is 5.34. The van der Waals surface area contributed by atoms with Gasteiger partial charge in [-0.2, -0.15) is 5.10 Å². The van der Waals surface area contributed by atoms with Crippen molar-refractivity contribution in [2.45, 2.75) is 39.4 Å². The molecule has 0 fully saturated rings. The van der Waals surface area contributed by atoms with Gasteiger partial charge in [-0.1, -0.05) is 6.92 Å². The van der Waals surface area contributed by atoms with Crippen molar-refractivity contribution in [1.82, 2.24) is 20.1 Å². The van der Waals surface area contributed by atoms with Crippen molar-refractivity contribution in [3.8, 4) is 0 Å². The van der Waals surface area contributed by atoms with Crippen LogP contribution in [0.4, 0.5) is 0 Å². The molecule has 17 heavy (non-hydrogen) atoms. The Bertz CT molecular complexity index is 435. The van der Waals surface area contributed by atoms with Crippen LogP contribution < -0.4 is 5.32 Å². The second kappa shape index (κ2) is 5.63. The van der Waals surface area contributed by atoms with E-state index in [1.807, 2.05) is 16.8 Å². The van der Waals surface area contributed by atoms with E-state index in [-0.39, 0.29) is 6.04 Å². The van der Waals surface area contributed by atoms with Gasteiger partial charge < -0.3 is 9.73 Å². The first-order valence-corrected chi connectivity index (χ1v) is 5.94. The van der Waals surface area contributed by atoms with E-state index in [9.17, 15) is 0 Å². The molecule has 2 heterocycles. The van der Waals surface area contributed by atoms with Crippen LogP contribution in [0.5, 0.6) is 0 Å². The highest BCUT2D eigenvalue weighted by molar-refractivity contribution is 5.03. The number of nitrogens with one attached hydrogen (secondary N) is 1. The fraction of sp³-hybridized carbons (Fsp3) is 0.500. The summed E-state index contributed by atoms with van der Waals surface area (Å²) in [5, 5.41) is 7.56. The molecule has 0 saturated heterocycles. The Balaban J connectivity index is 1.91. The largest absolute Gasteiger partial charge is 0.468 e. The van der Waals surface area contributed by atoms with Crippen LogP contribution in [0.2, 0.25) is 0 Å². The molecule has 0 aromatic carbocycles. The molecule has 0 saturated carbocycles. The zero-order chi connectivity index (χ0) is 12.1. The maximum absolute atomic E-state index is 5.34. The molecule has 0 aliphatic rings. The van der Waals surface area contributed by atoms with E-state index in [0.717, 1.165) is 24.6 Å². The van der Waals surface area contributed by atoms with Crippen molar-refractivity contribution in [3.63, 3.8) is 0 Å². The normalized spacial score (nSPS) is 12.8.